The van der Waals surface area contributed by atoms with Crippen molar-refractivity contribution < 1.29 is 19.2 Å². The fourth-order valence-corrected chi connectivity index (χ4v) is 4.24. The molecule has 0 spiro atoms. The van der Waals surface area contributed by atoms with Crippen molar-refractivity contribution >= 4 is 46.2 Å². The molecular formula is C18H17ClN2O5S. The maximum Gasteiger partial charge on any atom is 0.348 e. The Labute approximate surface area is 164 Å². The zero-order chi connectivity index (χ0) is 19.6. The number of carbonyl (C=O) groups is 2. The van der Waals surface area contributed by atoms with Gasteiger partial charge in [0.15, 0.2) is 6.61 Å². The first kappa shape index (κ1) is 19.3. The molecule has 0 bridgehead atoms. The van der Waals surface area contributed by atoms with Gasteiger partial charge in [0.1, 0.15) is 10.6 Å². The van der Waals surface area contributed by atoms with Crippen LogP contribution in [-0.4, -0.2) is 23.4 Å². The highest BCUT2D eigenvalue weighted by atomic mass is 35.5. The second kappa shape index (κ2) is 8.06. The molecule has 3 rings (SSSR count). The van der Waals surface area contributed by atoms with E-state index >= 15 is 0 Å². The summed E-state index contributed by atoms with van der Waals surface area (Å²) in [4.78, 5) is 36.3. The van der Waals surface area contributed by atoms with Crippen LogP contribution in [0.15, 0.2) is 24.3 Å². The van der Waals surface area contributed by atoms with Crippen LogP contribution in [0, 0.1) is 16.0 Å². The maximum atomic E-state index is 12.2. The number of esters is 1. The van der Waals surface area contributed by atoms with Crippen molar-refractivity contribution in [2.75, 3.05) is 11.9 Å². The molecule has 9 heteroatoms. The van der Waals surface area contributed by atoms with Crippen LogP contribution in [0.1, 0.15) is 33.5 Å². The van der Waals surface area contributed by atoms with E-state index in [2.05, 4.69) is 12.2 Å². The highest BCUT2D eigenvalue weighted by Crippen LogP contribution is 2.32. The minimum Gasteiger partial charge on any atom is -0.451 e. The van der Waals surface area contributed by atoms with E-state index in [1.165, 1.54) is 40.0 Å². The number of hydrogen-bond donors (Lipinski definition) is 1. The SMILES string of the molecule is CC1CCc2sc(C(=O)OCC(=O)Nc3cc(Cl)ccc3[N+](=O)[O-])cc2C1. The molecule has 0 aliphatic heterocycles. The topological polar surface area (TPSA) is 98.5 Å². The second-order valence-electron chi connectivity index (χ2n) is 6.45. The van der Waals surface area contributed by atoms with Gasteiger partial charge < -0.3 is 10.1 Å². The van der Waals surface area contributed by atoms with Gasteiger partial charge in [-0.2, -0.15) is 0 Å². The van der Waals surface area contributed by atoms with Gasteiger partial charge in [-0.1, -0.05) is 18.5 Å². The van der Waals surface area contributed by atoms with Crippen molar-refractivity contribution in [3.05, 3.63) is 54.7 Å². The molecule has 0 fully saturated rings. The van der Waals surface area contributed by atoms with E-state index in [0.29, 0.717) is 10.8 Å². The molecule has 27 heavy (non-hydrogen) atoms. The lowest BCUT2D eigenvalue weighted by Crippen LogP contribution is -2.21. The number of nitro benzene ring substituents is 1. The maximum absolute atomic E-state index is 12.2. The van der Waals surface area contributed by atoms with Gasteiger partial charge in [-0.15, -0.1) is 11.3 Å². The molecular weight excluding hydrogens is 392 g/mol. The van der Waals surface area contributed by atoms with E-state index in [-0.39, 0.29) is 16.4 Å². The number of thiophene rings is 1. The molecule has 1 amide bonds. The average molecular weight is 409 g/mol. The van der Waals surface area contributed by atoms with Crippen molar-refractivity contribution in [2.45, 2.75) is 26.2 Å². The summed E-state index contributed by atoms with van der Waals surface area (Å²) in [6, 6.07) is 5.65. The number of amides is 1. The Morgan fingerprint density at radius 3 is 2.93 bits per heavy atom. The molecule has 0 radical (unpaired) electrons. The minimum absolute atomic E-state index is 0.0471. The van der Waals surface area contributed by atoms with Crippen LogP contribution in [0.4, 0.5) is 11.4 Å². The summed E-state index contributed by atoms with van der Waals surface area (Å²) in [5.74, 6) is -0.656. The van der Waals surface area contributed by atoms with Crippen molar-refractivity contribution in [3.63, 3.8) is 0 Å². The van der Waals surface area contributed by atoms with Crippen LogP contribution in [0.25, 0.3) is 0 Å². The van der Waals surface area contributed by atoms with Gasteiger partial charge in [0.05, 0.1) is 4.92 Å². The number of rotatable bonds is 5. The van der Waals surface area contributed by atoms with E-state index in [1.54, 1.807) is 0 Å². The zero-order valence-electron chi connectivity index (χ0n) is 14.5. The number of nitro groups is 1. The number of nitrogens with zero attached hydrogens (tertiary/aromatic N) is 1. The molecule has 7 nitrogen and oxygen atoms in total. The Bertz CT molecular complexity index is 911. The summed E-state index contributed by atoms with van der Waals surface area (Å²) < 4.78 is 5.05. The molecule has 1 aliphatic carbocycles. The van der Waals surface area contributed by atoms with Gasteiger partial charge in [-0.3, -0.25) is 14.9 Å². The standard InChI is InChI=1S/C18H17ClN2O5S/c1-10-2-5-15-11(6-10)7-16(27-15)18(23)26-9-17(22)20-13-8-12(19)3-4-14(13)21(24)25/h3-4,7-8,10H,2,5-6,9H2,1H3,(H,20,22). The van der Waals surface area contributed by atoms with E-state index in [1.807, 2.05) is 6.07 Å². The first-order valence-corrected chi connectivity index (χ1v) is 9.55. The van der Waals surface area contributed by atoms with Crippen LogP contribution < -0.4 is 5.32 Å². The summed E-state index contributed by atoms with van der Waals surface area (Å²) in [5.41, 5.74) is 0.831. The summed E-state index contributed by atoms with van der Waals surface area (Å²) in [6.07, 6.45) is 2.99. The van der Waals surface area contributed by atoms with Gasteiger partial charge in [-0.05, 0) is 48.9 Å². The summed E-state index contributed by atoms with van der Waals surface area (Å²) in [5, 5.41) is 13.6. The third-order valence-corrected chi connectivity index (χ3v) is 5.75. The third kappa shape index (κ3) is 4.64. The molecule has 0 saturated carbocycles. The average Bonchev–Trinajstić information content (AvgIpc) is 3.02. The molecule has 0 saturated heterocycles. The highest BCUT2D eigenvalue weighted by molar-refractivity contribution is 7.14. The van der Waals surface area contributed by atoms with Gasteiger partial charge in [-0.25, -0.2) is 4.79 Å². The largest absolute Gasteiger partial charge is 0.451 e. The second-order valence-corrected chi connectivity index (χ2v) is 8.02. The van der Waals surface area contributed by atoms with E-state index in [9.17, 15) is 19.7 Å². The predicted molar refractivity (Wildman–Crippen MR) is 103 cm³/mol. The molecule has 1 N–H and O–H groups in total. The number of anilines is 1. The molecule has 1 unspecified atom stereocenters. The summed E-state index contributed by atoms with van der Waals surface area (Å²) in [6.45, 7) is 1.64. The molecule has 142 valence electrons. The van der Waals surface area contributed by atoms with Crippen molar-refractivity contribution in [1.82, 2.24) is 0 Å². The van der Waals surface area contributed by atoms with Crippen molar-refractivity contribution in [2.24, 2.45) is 5.92 Å². The summed E-state index contributed by atoms with van der Waals surface area (Å²) >= 11 is 7.21. The van der Waals surface area contributed by atoms with Crippen molar-refractivity contribution in [3.8, 4) is 0 Å². The Balaban J connectivity index is 1.61. The fraction of sp³-hybridized carbons (Fsp3) is 0.333. The number of fused-ring (bicyclic) bond motifs is 1. The lowest BCUT2D eigenvalue weighted by Gasteiger charge is -2.16. The lowest BCUT2D eigenvalue weighted by molar-refractivity contribution is -0.383. The van der Waals surface area contributed by atoms with Crippen LogP contribution in [0.5, 0.6) is 0 Å². The Kier molecular flexibility index (Phi) is 5.76. The van der Waals surface area contributed by atoms with Gasteiger partial charge >= 0.3 is 5.97 Å². The first-order chi connectivity index (χ1) is 12.8. The van der Waals surface area contributed by atoms with Gasteiger partial charge in [0, 0.05) is 16.0 Å². The molecule has 2 aromatic rings. The number of aryl methyl sites for hydroxylation is 1. The Morgan fingerprint density at radius 2 is 2.19 bits per heavy atom. The predicted octanol–water partition coefficient (Wildman–Crippen LogP) is 4.23. The molecule has 1 aliphatic rings. The number of halogens is 1. The number of benzene rings is 1. The van der Waals surface area contributed by atoms with Gasteiger partial charge in [0.25, 0.3) is 11.6 Å². The first-order valence-electron chi connectivity index (χ1n) is 8.36. The smallest absolute Gasteiger partial charge is 0.348 e. The lowest BCUT2D eigenvalue weighted by atomic mass is 9.90. The normalized spacial score (nSPS) is 15.7. The molecule has 1 aromatic heterocycles. The monoisotopic (exact) mass is 408 g/mol. The van der Waals surface area contributed by atoms with Crippen LogP contribution in [-0.2, 0) is 22.4 Å². The molecule has 1 atom stereocenters. The highest BCUT2D eigenvalue weighted by Gasteiger charge is 2.22. The quantitative estimate of drug-likeness (QED) is 0.453. The van der Waals surface area contributed by atoms with Crippen LogP contribution in [0.2, 0.25) is 5.02 Å². The van der Waals surface area contributed by atoms with Crippen LogP contribution >= 0.6 is 22.9 Å². The summed E-state index contributed by atoms with van der Waals surface area (Å²) in [7, 11) is 0. The van der Waals surface area contributed by atoms with E-state index < -0.39 is 23.4 Å². The Morgan fingerprint density at radius 1 is 1.41 bits per heavy atom. The van der Waals surface area contributed by atoms with E-state index in [4.69, 9.17) is 16.3 Å². The third-order valence-electron chi connectivity index (χ3n) is 4.29. The minimum atomic E-state index is -0.677. The van der Waals surface area contributed by atoms with Gasteiger partial charge in [0.2, 0.25) is 0 Å². The van der Waals surface area contributed by atoms with Crippen molar-refractivity contribution in [1.29, 1.82) is 0 Å². The number of nitrogens with one attached hydrogen (secondary N) is 1. The number of hydrogen-bond acceptors (Lipinski definition) is 6. The molecule has 1 heterocycles. The number of ether oxygens (including phenoxy) is 1. The number of carbonyl (C=O) groups excluding carboxylic acids is 2. The Hall–Kier alpha value is -2.45. The zero-order valence-corrected chi connectivity index (χ0v) is 16.1. The molecule has 1 aromatic carbocycles. The fourth-order valence-electron chi connectivity index (χ4n) is 2.96. The van der Waals surface area contributed by atoms with E-state index in [0.717, 1.165) is 19.3 Å². The van der Waals surface area contributed by atoms with Crippen LogP contribution in [0.3, 0.4) is 0 Å².